The number of allylic oxidation sites excluding steroid dienone is 1. The van der Waals surface area contributed by atoms with E-state index in [2.05, 4.69) is 46.0 Å². The SMILES string of the molecule is CC(C)CCC[C@@H](C)C1CCC2C3CC=C4CC(OC(=O)NCCCOCCOCCOCCOP(=O)(O)OC(C)(C)C)CC[C@]4(C)C3CC[C@@]21C. The molecule has 3 fully saturated rings. The Labute approximate surface area is 315 Å². The summed E-state index contributed by atoms with van der Waals surface area (Å²) >= 11 is 0. The van der Waals surface area contributed by atoms with Gasteiger partial charge in [0.25, 0.3) is 0 Å². The summed E-state index contributed by atoms with van der Waals surface area (Å²) in [5.41, 5.74) is 1.53. The molecular weight excluding hydrogens is 681 g/mol. The Morgan fingerprint density at radius 1 is 0.904 bits per heavy atom. The van der Waals surface area contributed by atoms with Gasteiger partial charge in [-0.15, -0.1) is 0 Å². The average molecular weight is 756 g/mol. The van der Waals surface area contributed by atoms with Crippen molar-refractivity contribution < 1.29 is 42.2 Å². The van der Waals surface area contributed by atoms with Gasteiger partial charge in [-0.25, -0.2) is 9.36 Å². The van der Waals surface area contributed by atoms with E-state index in [-0.39, 0.29) is 30.8 Å². The standard InChI is InChI=1S/C41H74NO9P/c1-30(2)11-9-12-31(3)35-15-16-36-34-14-13-32-29-33(17-19-40(32,7)37(34)18-20-41(35,36)8)50-38(43)42-21-10-22-46-23-24-47-25-26-48-27-28-49-52(44,45)51-39(4,5)6/h13,30-31,33-37H,9-12,14-29H2,1-8H3,(H,42,43)(H,44,45)/t31-,33?,34?,35?,36?,37?,40+,41-/m1/s1. The number of ether oxygens (including phenoxy) is 4. The predicted octanol–water partition coefficient (Wildman–Crippen LogP) is 9.49. The van der Waals surface area contributed by atoms with E-state index in [1.54, 1.807) is 26.3 Å². The first kappa shape index (κ1) is 43.7. The van der Waals surface area contributed by atoms with Gasteiger partial charge in [-0.05, 0) is 118 Å². The van der Waals surface area contributed by atoms with Gasteiger partial charge in [0.1, 0.15) is 6.10 Å². The lowest BCUT2D eigenvalue weighted by Crippen LogP contribution is -2.51. The smallest absolute Gasteiger partial charge is 0.446 e. The molecule has 1 amide bonds. The Kier molecular flexibility index (Phi) is 16.6. The molecule has 4 aliphatic carbocycles. The van der Waals surface area contributed by atoms with Gasteiger partial charge in [-0.1, -0.05) is 65.5 Å². The zero-order valence-electron chi connectivity index (χ0n) is 33.9. The summed E-state index contributed by atoms with van der Waals surface area (Å²) in [6.07, 6.45) is 16.8. The number of phosphoric ester groups is 1. The Morgan fingerprint density at radius 2 is 1.58 bits per heavy atom. The Balaban J connectivity index is 1.05. The first-order chi connectivity index (χ1) is 24.5. The third-order valence-electron chi connectivity index (χ3n) is 12.9. The quantitative estimate of drug-likeness (QED) is 0.0670. The molecule has 4 rings (SSSR count). The maximum Gasteiger partial charge on any atom is 0.472 e. The highest BCUT2D eigenvalue weighted by molar-refractivity contribution is 7.47. The first-order valence-electron chi connectivity index (χ1n) is 20.6. The molecule has 2 N–H and O–H groups in total. The molecule has 0 radical (unpaired) electrons. The fourth-order valence-corrected chi connectivity index (χ4v) is 11.5. The van der Waals surface area contributed by atoms with E-state index in [9.17, 15) is 14.3 Å². The lowest BCUT2D eigenvalue weighted by atomic mass is 9.47. The molecule has 9 atom stereocenters. The number of phosphoric acid groups is 1. The zero-order chi connectivity index (χ0) is 38.0. The van der Waals surface area contributed by atoms with Crippen molar-refractivity contribution in [3.63, 3.8) is 0 Å². The van der Waals surface area contributed by atoms with E-state index in [0.29, 0.717) is 51.4 Å². The van der Waals surface area contributed by atoms with Gasteiger partial charge >= 0.3 is 13.9 Å². The summed E-state index contributed by atoms with van der Waals surface area (Å²) in [5, 5.41) is 2.91. The molecule has 0 aromatic heterocycles. The van der Waals surface area contributed by atoms with Crippen LogP contribution in [0.3, 0.4) is 0 Å². The number of rotatable bonds is 21. The molecule has 6 unspecified atom stereocenters. The minimum Gasteiger partial charge on any atom is -0.446 e. The normalized spacial score (nSPS) is 32.0. The molecule has 0 aliphatic heterocycles. The van der Waals surface area contributed by atoms with E-state index in [4.69, 9.17) is 28.0 Å². The molecule has 0 bridgehead atoms. The van der Waals surface area contributed by atoms with Crippen molar-refractivity contribution >= 4 is 13.9 Å². The summed E-state index contributed by atoms with van der Waals surface area (Å²) in [7, 11) is -4.09. The molecule has 0 aromatic rings. The Hall–Kier alpha value is -1.00. The Bertz CT molecular complexity index is 1190. The first-order valence-corrected chi connectivity index (χ1v) is 22.1. The molecule has 3 saturated carbocycles. The molecule has 0 heterocycles. The maximum atomic E-state index is 12.7. The molecule has 10 nitrogen and oxygen atoms in total. The highest BCUT2D eigenvalue weighted by Crippen LogP contribution is 2.67. The molecule has 52 heavy (non-hydrogen) atoms. The van der Waals surface area contributed by atoms with E-state index >= 15 is 0 Å². The summed E-state index contributed by atoms with van der Waals surface area (Å²) in [6.45, 7) is 20.2. The summed E-state index contributed by atoms with van der Waals surface area (Å²) in [4.78, 5) is 22.3. The Morgan fingerprint density at radius 3 is 2.25 bits per heavy atom. The largest absolute Gasteiger partial charge is 0.472 e. The van der Waals surface area contributed by atoms with Crippen LogP contribution in [0.2, 0.25) is 0 Å². The van der Waals surface area contributed by atoms with Gasteiger partial charge in [-0.3, -0.25) is 9.05 Å². The number of fused-ring (bicyclic) bond motifs is 5. The van der Waals surface area contributed by atoms with Crippen LogP contribution in [-0.4, -0.2) is 75.5 Å². The third kappa shape index (κ3) is 12.5. The fourth-order valence-electron chi connectivity index (χ4n) is 10.4. The van der Waals surface area contributed by atoms with Gasteiger partial charge in [0.15, 0.2) is 0 Å². The van der Waals surface area contributed by atoms with Gasteiger partial charge in [0.2, 0.25) is 0 Å². The highest BCUT2D eigenvalue weighted by atomic mass is 31.2. The molecule has 0 spiro atoms. The third-order valence-corrected chi connectivity index (χ3v) is 14.2. The van der Waals surface area contributed by atoms with E-state index in [1.165, 1.54) is 51.4 Å². The number of carbonyl (C=O) groups is 1. The monoisotopic (exact) mass is 756 g/mol. The van der Waals surface area contributed by atoms with Crippen LogP contribution < -0.4 is 5.32 Å². The molecule has 0 saturated heterocycles. The second-order valence-electron chi connectivity index (χ2n) is 18.2. The van der Waals surface area contributed by atoms with Crippen LogP contribution >= 0.6 is 7.82 Å². The minimum atomic E-state index is -4.09. The van der Waals surface area contributed by atoms with Crippen molar-refractivity contribution in [1.82, 2.24) is 5.32 Å². The number of hydrogen-bond acceptors (Lipinski definition) is 8. The van der Waals surface area contributed by atoms with Crippen LogP contribution in [0.15, 0.2) is 11.6 Å². The summed E-state index contributed by atoms with van der Waals surface area (Å²) < 4.78 is 44.1. The lowest BCUT2D eigenvalue weighted by molar-refractivity contribution is -0.0581. The summed E-state index contributed by atoms with van der Waals surface area (Å²) in [6, 6.07) is 0. The van der Waals surface area contributed by atoms with Crippen molar-refractivity contribution in [3.05, 3.63) is 11.6 Å². The van der Waals surface area contributed by atoms with Crippen molar-refractivity contribution in [1.29, 1.82) is 0 Å². The topological polar surface area (TPSA) is 122 Å². The zero-order valence-corrected chi connectivity index (χ0v) is 34.8. The van der Waals surface area contributed by atoms with Gasteiger partial charge in [0, 0.05) is 19.6 Å². The fraction of sp³-hybridized carbons (Fsp3) is 0.927. The van der Waals surface area contributed by atoms with Crippen molar-refractivity contribution in [2.75, 3.05) is 52.8 Å². The maximum absolute atomic E-state index is 12.7. The highest BCUT2D eigenvalue weighted by Gasteiger charge is 2.59. The number of alkyl carbamates (subject to hydrolysis) is 1. The molecule has 0 aromatic carbocycles. The van der Waals surface area contributed by atoms with E-state index in [1.807, 2.05) is 0 Å². The minimum absolute atomic E-state index is 0.0453. The molecular formula is C41H74NO9P. The number of nitrogens with one attached hydrogen (secondary N) is 1. The molecule has 4 aliphatic rings. The van der Waals surface area contributed by atoms with Crippen molar-refractivity contribution in [3.8, 4) is 0 Å². The van der Waals surface area contributed by atoms with E-state index < -0.39 is 13.4 Å². The number of hydrogen-bond donors (Lipinski definition) is 2. The van der Waals surface area contributed by atoms with Crippen LogP contribution in [0, 0.1) is 46.3 Å². The van der Waals surface area contributed by atoms with Crippen LogP contribution in [0.1, 0.15) is 132 Å². The predicted molar refractivity (Wildman–Crippen MR) is 205 cm³/mol. The van der Waals surface area contributed by atoms with Gasteiger partial charge in [-0.2, -0.15) is 0 Å². The lowest BCUT2D eigenvalue weighted by Gasteiger charge is -2.58. The van der Waals surface area contributed by atoms with Crippen molar-refractivity contribution in [2.24, 2.45) is 46.3 Å². The number of carbonyl (C=O) groups excluding carboxylic acids is 1. The van der Waals surface area contributed by atoms with Gasteiger partial charge < -0.3 is 29.2 Å². The summed E-state index contributed by atoms with van der Waals surface area (Å²) in [5.74, 6) is 4.97. The molecule has 302 valence electrons. The van der Waals surface area contributed by atoms with Crippen LogP contribution in [0.25, 0.3) is 0 Å². The van der Waals surface area contributed by atoms with Crippen LogP contribution in [-0.2, 0) is 32.6 Å². The second-order valence-corrected chi connectivity index (χ2v) is 19.6. The van der Waals surface area contributed by atoms with E-state index in [0.717, 1.165) is 54.8 Å². The van der Waals surface area contributed by atoms with Crippen LogP contribution in [0.4, 0.5) is 4.79 Å². The molecule has 11 heteroatoms. The second kappa shape index (κ2) is 19.7. The van der Waals surface area contributed by atoms with Gasteiger partial charge in [0.05, 0.1) is 45.2 Å². The van der Waals surface area contributed by atoms with Crippen molar-refractivity contribution in [2.45, 2.75) is 144 Å². The average Bonchev–Trinajstić information content (AvgIpc) is 3.41. The number of amides is 1. The van der Waals surface area contributed by atoms with Crippen LogP contribution in [0.5, 0.6) is 0 Å².